The van der Waals surface area contributed by atoms with Gasteiger partial charge in [0.05, 0.1) is 0 Å². The molecule has 0 aromatic heterocycles. The van der Waals surface area contributed by atoms with Gasteiger partial charge in [-0.15, -0.1) is 0 Å². The molecule has 1 aromatic carbocycles. The number of hydrogen-bond acceptors (Lipinski definition) is 2. The fourth-order valence-electron chi connectivity index (χ4n) is 3.33. The van der Waals surface area contributed by atoms with E-state index in [0.717, 1.165) is 11.5 Å². The van der Waals surface area contributed by atoms with Crippen LogP contribution < -0.4 is 11.3 Å². The summed E-state index contributed by atoms with van der Waals surface area (Å²) in [7, 11) is 0. The Labute approximate surface area is 115 Å². The van der Waals surface area contributed by atoms with Gasteiger partial charge in [0, 0.05) is 6.04 Å². The van der Waals surface area contributed by atoms with Crippen LogP contribution in [0.3, 0.4) is 0 Å². The molecule has 0 saturated heterocycles. The van der Waals surface area contributed by atoms with Gasteiger partial charge in [-0.25, -0.2) is 4.39 Å². The zero-order valence-corrected chi connectivity index (χ0v) is 11.7. The molecule has 1 aliphatic rings. The third-order valence-electron chi connectivity index (χ3n) is 4.58. The highest BCUT2D eigenvalue weighted by Crippen LogP contribution is 2.33. The Morgan fingerprint density at radius 2 is 2.16 bits per heavy atom. The van der Waals surface area contributed by atoms with E-state index in [1.165, 1.54) is 38.2 Å². The Bertz CT molecular complexity index is 394. The summed E-state index contributed by atoms with van der Waals surface area (Å²) in [5.74, 6) is 6.98. The summed E-state index contributed by atoms with van der Waals surface area (Å²) in [6.45, 7) is 2.26. The molecule has 0 radical (unpaired) electrons. The van der Waals surface area contributed by atoms with Crippen LogP contribution in [0.5, 0.6) is 0 Å². The molecule has 19 heavy (non-hydrogen) atoms. The van der Waals surface area contributed by atoms with Gasteiger partial charge in [-0.2, -0.15) is 0 Å². The van der Waals surface area contributed by atoms with Gasteiger partial charge in [0.2, 0.25) is 0 Å². The molecule has 0 aliphatic heterocycles. The minimum atomic E-state index is -0.120. The molecule has 1 aliphatic carbocycles. The van der Waals surface area contributed by atoms with E-state index in [-0.39, 0.29) is 11.9 Å². The fourth-order valence-corrected chi connectivity index (χ4v) is 3.33. The summed E-state index contributed by atoms with van der Waals surface area (Å²) >= 11 is 0. The molecule has 0 amide bonds. The van der Waals surface area contributed by atoms with Crippen LogP contribution in [-0.4, -0.2) is 6.04 Å². The van der Waals surface area contributed by atoms with Gasteiger partial charge in [-0.1, -0.05) is 44.4 Å². The molecule has 3 N–H and O–H groups in total. The highest BCUT2D eigenvalue weighted by Gasteiger charge is 2.27. The minimum absolute atomic E-state index is 0.120. The zero-order valence-electron chi connectivity index (χ0n) is 11.7. The standard InChI is InChI=1S/C16H25FN2/c1-2-12-6-5-8-14(10-12)16(19-18)11-13-7-3-4-9-15(13)17/h3-4,7,9,12,14,16,19H,2,5-6,8,10-11,18H2,1H3. The number of halogens is 1. The summed E-state index contributed by atoms with van der Waals surface area (Å²) in [5, 5.41) is 0. The molecule has 3 atom stereocenters. The summed E-state index contributed by atoms with van der Waals surface area (Å²) in [5.41, 5.74) is 3.69. The van der Waals surface area contributed by atoms with Crippen molar-refractivity contribution in [1.82, 2.24) is 5.43 Å². The van der Waals surface area contributed by atoms with E-state index in [2.05, 4.69) is 12.3 Å². The first-order valence-corrected chi connectivity index (χ1v) is 7.44. The van der Waals surface area contributed by atoms with E-state index < -0.39 is 0 Å². The molecule has 3 unspecified atom stereocenters. The van der Waals surface area contributed by atoms with Crippen molar-refractivity contribution in [2.45, 2.75) is 51.5 Å². The minimum Gasteiger partial charge on any atom is -0.271 e. The average molecular weight is 264 g/mol. The highest BCUT2D eigenvalue weighted by atomic mass is 19.1. The van der Waals surface area contributed by atoms with Crippen molar-refractivity contribution in [2.75, 3.05) is 0 Å². The number of hydrazine groups is 1. The first kappa shape index (κ1) is 14.5. The summed E-state index contributed by atoms with van der Waals surface area (Å²) in [4.78, 5) is 0. The van der Waals surface area contributed by atoms with Gasteiger partial charge in [0.15, 0.2) is 0 Å². The summed E-state index contributed by atoms with van der Waals surface area (Å²) in [6, 6.07) is 7.20. The highest BCUT2D eigenvalue weighted by molar-refractivity contribution is 5.18. The monoisotopic (exact) mass is 264 g/mol. The van der Waals surface area contributed by atoms with Crippen LogP contribution in [0.1, 0.15) is 44.6 Å². The second-order valence-electron chi connectivity index (χ2n) is 5.77. The van der Waals surface area contributed by atoms with Crippen LogP contribution >= 0.6 is 0 Å². The van der Waals surface area contributed by atoms with Crippen molar-refractivity contribution in [3.8, 4) is 0 Å². The van der Waals surface area contributed by atoms with Gasteiger partial charge in [-0.05, 0) is 42.7 Å². The number of hydrogen-bond donors (Lipinski definition) is 2. The van der Waals surface area contributed by atoms with E-state index in [1.54, 1.807) is 6.07 Å². The second kappa shape index (κ2) is 7.01. The third kappa shape index (κ3) is 3.77. The molecular weight excluding hydrogens is 239 g/mol. The van der Waals surface area contributed by atoms with Gasteiger partial charge in [-0.3, -0.25) is 11.3 Å². The molecule has 1 saturated carbocycles. The zero-order chi connectivity index (χ0) is 13.7. The second-order valence-corrected chi connectivity index (χ2v) is 5.77. The maximum Gasteiger partial charge on any atom is 0.126 e. The number of benzene rings is 1. The van der Waals surface area contributed by atoms with E-state index in [9.17, 15) is 4.39 Å². The Morgan fingerprint density at radius 3 is 2.84 bits per heavy atom. The Kier molecular flexibility index (Phi) is 5.34. The number of nitrogens with one attached hydrogen (secondary N) is 1. The first-order chi connectivity index (χ1) is 9.24. The van der Waals surface area contributed by atoms with Crippen LogP contribution in [0, 0.1) is 17.7 Å². The lowest BCUT2D eigenvalue weighted by Crippen LogP contribution is -2.44. The molecule has 106 valence electrons. The predicted octanol–water partition coefficient (Wildman–Crippen LogP) is 3.42. The third-order valence-corrected chi connectivity index (χ3v) is 4.58. The lowest BCUT2D eigenvalue weighted by molar-refractivity contribution is 0.207. The van der Waals surface area contributed by atoms with Crippen LogP contribution in [0.2, 0.25) is 0 Å². The molecule has 0 spiro atoms. The molecule has 1 aromatic rings. The molecule has 2 nitrogen and oxygen atoms in total. The quantitative estimate of drug-likeness (QED) is 0.632. The molecule has 2 rings (SSSR count). The fraction of sp³-hybridized carbons (Fsp3) is 0.625. The maximum atomic E-state index is 13.7. The first-order valence-electron chi connectivity index (χ1n) is 7.44. The SMILES string of the molecule is CCC1CCCC(C(Cc2ccccc2F)NN)C1. The molecular formula is C16H25FN2. The van der Waals surface area contributed by atoms with Crippen molar-refractivity contribution in [3.05, 3.63) is 35.6 Å². The topological polar surface area (TPSA) is 38.0 Å². The van der Waals surface area contributed by atoms with Crippen LogP contribution in [0.25, 0.3) is 0 Å². The lowest BCUT2D eigenvalue weighted by atomic mass is 9.75. The summed E-state index contributed by atoms with van der Waals surface area (Å²) < 4.78 is 13.7. The summed E-state index contributed by atoms with van der Waals surface area (Å²) in [6.07, 6.45) is 6.97. The molecule has 0 bridgehead atoms. The molecule has 0 heterocycles. The van der Waals surface area contributed by atoms with Crippen molar-refractivity contribution in [3.63, 3.8) is 0 Å². The van der Waals surface area contributed by atoms with Crippen molar-refractivity contribution < 1.29 is 4.39 Å². The average Bonchev–Trinajstić information content (AvgIpc) is 2.46. The predicted molar refractivity (Wildman–Crippen MR) is 77.0 cm³/mol. The lowest BCUT2D eigenvalue weighted by Gasteiger charge is -2.34. The molecule has 1 fully saturated rings. The van der Waals surface area contributed by atoms with E-state index >= 15 is 0 Å². The van der Waals surface area contributed by atoms with Crippen molar-refractivity contribution >= 4 is 0 Å². The Balaban J connectivity index is 2.01. The molecule has 3 heteroatoms. The Hall–Kier alpha value is -0.930. The number of nitrogens with two attached hydrogens (primary N) is 1. The normalized spacial score (nSPS) is 25.2. The van der Waals surface area contributed by atoms with Crippen LogP contribution in [-0.2, 0) is 6.42 Å². The maximum absolute atomic E-state index is 13.7. The van der Waals surface area contributed by atoms with E-state index in [0.29, 0.717) is 12.3 Å². The Morgan fingerprint density at radius 1 is 1.37 bits per heavy atom. The van der Waals surface area contributed by atoms with Crippen molar-refractivity contribution in [1.29, 1.82) is 0 Å². The number of rotatable bonds is 5. The van der Waals surface area contributed by atoms with E-state index in [4.69, 9.17) is 5.84 Å². The van der Waals surface area contributed by atoms with Crippen LogP contribution in [0.4, 0.5) is 4.39 Å². The van der Waals surface area contributed by atoms with Crippen molar-refractivity contribution in [2.24, 2.45) is 17.7 Å². The van der Waals surface area contributed by atoms with E-state index in [1.807, 2.05) is 12.1 Å². The van der Waals surface area contributed by atoms with Gasteiger partial charge < -0.3 is 0 Å². The van der Waals surface area contributed by atoms with Crippen LogP contribution in [0.15, 0.2) is 24.3 Å². The van der Waals surface area contributed by atoms with Gasteiger partial charge in [0.25, 0.3) is 0 Å². The largest absolute Gasteiger partial charge is 0.271 e. The van der Waals surface area contributed by atoms with Gasteiger partial charge in [0.1, 0.15) is 5.82 Å². The smallest absolute Gasteiger partial charge is 0.126 e. The van der Waals surface area contributed by atoms with Gasteiger partial charge >= 0.3 is 0 Å².